The quantitative estimate of drug-likeness (QED) is 0.872. The summed E-state index contributed by atoms with van der Waals surface area (Å²) in [4.78, 5) is 0. The summed E-state index contributed by atoms with van der Waals surface area (Å²) in [5.74, 6) is 2.58. The van der Waals surface area contributed by atoms with Crippen molar-refractivity contribution in [2.45, 2.75) is 57.0 Å². The van der Waals surface area contributed by atoms with Gasteiger partial charge in [-0.05, 0) is 78.5 Å². The van der Waals surface area contributed by atoms with E-state index in [-0.39, 0.29) is 11.5 Å². The average molecular weight is 316 g/mol. The summed E-state index contributed by atoms with van der Waals surface area (Å²) in [6, 6.07) is 5.92. The zero-order chi connectivity index (χ0) is 16.2. The van der Waals surface area contributed by atoms with E-state index in [2.05, 4.69) is 13.0 Å². The molecule has 126 valence electrons. The number of fused-ring (bicyclic) bond motifs is 5. The number of aliphatic hydroxyl groups is 1. The maximum atomic E-state index is 10.5. The number of ether oxygens (including phenoxy) is 1. The lowest BCUT2D eigenvalue weighted by Crippen LogP contribution is -2.44. The molecule has 0 heterocycles. The van der Waals surface area contributed by atoms with Gasteiger partial charge in [0.05, 0.1) is 12.7 Å². The minimum atomic E-state index is -0.129. The van der Waals surface area contributed by atoms with Crippen LogP contribution in [-0.2, 0) is 4.74 Å². The molecule has 23 heavy (non-hydrogen) atoms. The fraction of sp³-hybridized carbons (Fsp3) is 0.700. The maximum absolute atomic E-state index is 10.5. The van der Waals surface area contributed by atoms with Crippen LogP contribution >= 0.6 is 0 Å². The van der Waals surface area contributed by atoms with Crippen molar-refractivity contribution in [2.24, 2.45) is 17.3 Å². The second-order valence-electron chi connectivity index (χ2n) is 8.22. The molecule has 3 heteroatoms. The number of phenolic OH excluding ortho intramolecular Hbond substituents is 1. The van der Waals surface area contributed by atoms with E-state index in [4.69, 9.17) is 4.74 Å². The molecule has 2 fully saturated rings. The zero-order valence-electron chi connectivity index (χ0n) is 14.2. The van der Waals surface area contributed by atoms with E-state index in [1.165, 1.54) is 11.1 Å². The molecule has 0 radical (unpaired) electrons. The minimum absolute atomic E-state index is 0.104. The molecule has 0 amide bonds. The summed E-state index contributed by atoms with van der Waals surface area (Å²) in [5, 5.41) is 20.4. The summed E-state index contributed by atoms with van der Waals surface area (Å²) in [5.41, 5.74) is 2.81. The highest BCUT2D eigenvalue weighted by Crippen LogP contribution is 2.62. The topological polar surface area (TPSA) is 49.7 Å². The Bertz CT molecular complexity index is 599. The van der Waals surface area contributed by atoms with E-state index in [1.54, 1.807) is 7.11 Å². The van der Waals surface area contributed by atoms with Crippen molar-refractivity contribution in [3.8, 4) is 5.75 Å². The normalized spacial score (nSPS) is 42.0. The fourth-order valence-corrected chi connectivity index (χ4v) is 6.04. The lowest BCUT2D eigenvalue weighted by atomic mass is 9.54. The first-order valence-corrected chi connectivity index (χ1v) is 9.04. The first kappa shape index (κ1) is 15.5. The molecule has 0 bridgehead atoms. The van der Waals surface area contributed by atoms with Crippen LogP contribution in [0.3, 0.4) is 0 Å². The van der Waals surface area contributed by atoms with Crippen molar-refractivity contribution >= 4 is 0 Å². The highest BCUT2D eigenvalue weighted by Gasteiger charge is 2.55. The Hall–Kier alpha value is -1.06. The smallest absolute Gasteiger partial charge is 0.115 e. The van der Waals surface area contributed by atoms with E-state index in [9.17, 15) is 10.2 Å². The molecule has 3 nitrogen and oxygen atoms in total. The molecule has 1 aromatic rings. The van der Waals surface area contributed by atoms with Gasteiger partial charge in [-0.2, -0.15) is 0 Å². The van der Waals surface area contributed by atoms with Gasteiger partial charge >= 0.3 is 0 Å². The molecule has 0 saturated heterocycles. The number of hydrogen-bond donors (Lipinski definition) is 2. The molecule has 3 aliphatic rings. The molecular formula is C20H28O3. The van der Waals surface area contributed by atoms with Crippen LogP contribution in [0.25, 0.3) is 0 Å². The molecule has 0 aromatic heterocycles. The van der Waals surface area contributed by atoms with E-state index < -0.39 is 0 Å². The molecule has 3 aliphatic carbocycles. The SMILES string of the molecule is COC[C@@H]1C[C@@H]2[C@H](CC[C@]3(C)C(O)CC[C@@H]23)c2ccc(O)cc21. The number of phenols is 1. The second kappa shape index (κ2) is 5.49. The number of aliphatic hydroxyl groups excluding tert-OH is 1. The van der Waals surface area contributed by atoms with E-state index >= 15 is 0 Å². The standard InChI is InChI=1S/C20H28O3/c1-20-8-7-15-14-4-3-13(21)10-16(14)12(11-23-2)9-17(15)18(20)5-6-19(20)22/h3-4,10,12,15,17-19,21-22H,5-9,11H2,1-2H3/t12-,15+,17+,18-,19?,20-/m0/s1. The largest absolute Gasteiger partial charge is 0.508 e. The number of aromatic hydroxyl groups is 1. The maximum Gasteiger partial charge on any atom is 0.115 e. The Balaban J connectivity index is 1.74. The number of methoxy groups -OCH3 is 1. The van der Waals surface area contributed by atoms with Crippen LogP contribution in [0.15, 0.2) is 18.2 Å². The van der Waals surface area contributed by atoms with Crippen LogP contribution < -0.4 is 0 Å². The van der Waals surface area contributed by atoms with Gasteiger partial charge in [-0.1, -0.05) is 13.0 Å². The van der Waals surface area contributed by atoms with Crippen LogP contribution in [-0.4, -0.2) is 30.0 Å². The number of rotatable bonds is 2. The van der Waals surface area contributed by atoms with Crippen molar-refractivity contribution in [3.05, 3.63) is 29.3 Å². The van der Waals surface area contributed by atoms with Crippen molar-refractivity contribution in [1.82, 2.24) is 0 Å². The monoisotopic (exact) mass is 316 g/mol. The summed E-state index contributed by atoms with van der Waals surface area (Å²) in [6.07, 6.45) is 5.40. The third-order valence-corrected chi connectivity index (χ3v) is 7.22. The Labute approximate surface area is 138 Å². The van der Waals surface area contributed by atoms with Gasteiger partial charge in [0.25, 0.3) is 0 Å². The van der Waals surface area contributed by atoms with Crippen LogP contribution in [0.5, 0.6) is 5.75 Å². The van der Waals surface area contributed by atoms with Gasteiger partial charge in [-0.25, -0.2) is 0 Å². The van der Waals surface area contributed by atoms with E-state index in [1.807, 2.05) is 12.1 Å². The van der Waals surface area contributed by atoms with Crippen molar-refractivity contribution in [1.29, 1.82) is 0 Å². The highest BCUT2D eigenvalue weighted by atomic mass is 16.5. The molecule has 6 atom stereocenters. The first-order valence-electron chi connectivity index (χ1n) is 9.04. The van der Waals surface area contributed by atoms with Crippen LogP contribution in [0.2, 0.25) is 0 Å². The zero-order valence-corrected chi connectivity index (χ0v) is 14.2. The molecular weight excluding hydrogens is 288 g/mol. The molecule has 2 N–H and O–H groups in total. The van der Waals surface area contributed by atoms with Crippen LogP contribution in [0.1, 0.15) is 62.0 Å². The summed E-state index contributed by atoms with van der Waals surface area (Å²) in [6.45, 7) is 3.02. The van der Waals surface area contributed by atoms with Gasteiger partial charge in [0, 0.05) is 13.0 Å². The first-order chi connectivity index (χ1) is 11.0. The number of hydrogen-bond acceptors (Lipinski definition) is 3. The molecule has 2 saturated carbocycles. The van der Waals surface area contributed by atoms with Crippen molar-refractivity contribution in [3.63, 3.8) is 0 Å². The second-order valence-corrected chi connectivity index (χ2v) is 8.22. The van der Waals surface area contributed by atoms with Crippen molar-refractivity contribution in [2.75, 3.05) is 13.7 Å². The van der Waals surface area contributed by atoms with Gasteiger partial charge in [-0.3, -0.25) is 0 Å². The summed E-state index contributed by atoms with van der Waals surface area (Å²) in [7, 11) is 1.76. The molecule has 1 aromatic carbocycles. The lowest BCUT2D eigenvalue weighted by Gasteiger charge is -2.51. The van der Waals surface area contributed by atoms with E-state index in [0.717, 1.165) is 32.1 Å². The summed E-state index contributed by atoms with van der Waals surface area (Å²) >= 11 is 0. The fourth-order valence-electron chi connectivity index (χ4n) is 6.04. The van der Waals surface area contributed by atoms with Crippen LogP contribution in [0, 0.1) is 17.3 Å². The molecule has 0 spiro atoms. The number of benzene rings is 1. The van der Waals surface area contributed by atoms with Gasteiger partial charge in [0.2, 0.25) is 0 Å². The van der Waals surface area contributed by atoms with Crippen LogP contribution in [0.4, 0.5) is 0 Å². The Kier molecular flexibility index (Phi) is 3.69. The Morgan fingerprint density at radius 1 is 1.22 bits per heavy atom. The van der Waals surface area contributed by atoms with Gasteiger partial charge < -0.3 is 14.9 Å². The molecule has 4 rings (SSSR count). The van der Waals surface area contributed by atoms with Crippen molar-refractivity contribution < 1.29 is 14.9 Å². The Morgan fingerprint density at radius 2 is 2.04 bits per heavy atom. The molecule has 1 unspecified atom stereocenters. The van der Waals surface area contributed by atoms with Gasteiger partial charge in [0.1, 0.15) is 5.75 Å². The van der Waals surface area contributed by atoms with Gasteiger partial charge in [0.15, 0.2) is 0 Å². The predicted octanol–water partition coefficient (Wildman–Crippen LogP) is 3.80. The Morgan fingerprint density at radius 3 is 2.83 bits per heavy atom. The summed E-state index contributed by atoms with van der Waals surface area (Å²) < 4.78 is 5.48. The minimum Gasteiger partial charge on any atom is -0.508 e. The van der Waals surface area contributed by atoms with E-state index in [0.29, 0.717) is 36.0 Å². The average Bonchev–Trinajstić information content (AvgIpc) is 2.83. The highest BCUT2D eigenvalue weighted by molar-refractivity contribution is 5.42. The molecule has 0 aliphatic heterocycles. The third-order valence-electron chi connectivity index (χ3n) is 7.22. The predicted molar refractivity (Wildman–Crippen MR) is 89.6 cm³/mol. The third kappa shape index (κ3) is 2.24. The lowest BCUT2D eigenvalue weighted by molar-refractivity contribution is -0.0273. The van der Waals surface area contributed by atoms with Gasteiger partial charge in [-0.15, -0.1) is 0 Å².